The predicted octanol–water partition coefficient (Wildman–Crippen LogP) is 3.21. The van der Waals surface area contributed by atoms with Crippen molar-refractivity contribution in [2.45, 2.75) is 36.3 Å². The van der Waals surface area contributed by atoms with Gasteiger partial charge in [-0.15, -0.1) is 0 Å². The summed E-state index contributed by atoms with van der Waals surface area (Å²) in [5.74, 6) is -1.75. The molecule has 1 aliphatic rings. The Morgan fingerprint density at radius 3 is 2.30 bits per heavy atom. The second-order valence-electron chi connectivity index (χ2n) is 8.23. The maximum atomic E-state index is 12.9. The number of rotatable bonds is 9. The fourth-order valence-electron chi connectivity index (χ4n) is 3.17. The molecule has 1 aliphatic carbocycles. The van der Waals surface area contributed by atoms with E-state index in [1.54, 1.807) is 24.3 Å². The summed E-state index contributed by atoms with van der Waals surface area (Å²) in [5, 5.41) is 5.69. The lowest BCUT2D eigenvalue weighted by molar-refractivity contribution is -0.147. The number of sulfone groups is 1. The van der Waals surface area contributed by atoms with Crippen LogP contribution < -0.4 is 10.6 Å². The van der Waals surface area contributed by atoms with E-state index in [4.69, 9.17) is 16.3 Å². The van der Waals surface area contributed by atoms with Gasteiger partial charge < -0.3 is 15.4 Å². The number of ether oxygens (including phenoxy) is 1. The molecule has 0 heterocycles. The van der Waals surface area contributed by atoms with Crippen LogP contribution >= 0.6 is 11.6 Å². The molecule has 33 heavy (non-hydrogen) atoms. The molecule has 0 aromatic heterocycles. The zero-order valence-corrected chi connectivity index (χ0v) is 19.8. The van der Waals surface area contributed by atoms with Gasteiger partial charge >= 0.3 is 5.97 Å². The number of para-hydroxylation sites is 1. The smallest absolute Gasteiger partial charge is 0.328 e. The third-order valence-electron chi connectivity index (χ3n) is 5.17. The number of halogens is 1. The zero-order chi connectivity index (χ0) is 24.2. The van der Waals surface area contributed by atoms with Gasteiger partial charge in [-0.1, -0.05) is 37.6 Å². The van der Waals surface area contributed by atoms with Crippen LogP contribution in [0.25, 0.3) is 0 Å². The Bertz CT molecular complexity index is 1160. The van der Waals surface area contributed by atoms with E-state index in [9.17, 15) is 22.8 Å². The van der Waals surface area contributed by atoms with Crippen LogP contribution in [0.15, 0.2) is 53.4 Å². The molecular formula is C23H25ClN2O6S. The number of carbonyl (C=O) groups is 3. The predicted molar refractivity (Wildman–Crippen MR) is 124 cm³/mol. The number of amides is 2. The van der Waals surface area contributed by atoms with Crippen molar-refractivity contribution in [1.29, 1.82) is 0 Å². The molecule has 2 aromatic rings. The van der Waals surface area contributed by atoms with E-state index in [2.05, 4.69) is 10.6 Å². The molecule has 0 bridgehead atoms. The van der Waals surface area contributed by atoms with Crippen molar-refractivity contribution >= 4 is 44.9 Å². The van der Waals surface area contributed by atoms with Gasteiger partial charge in [-0.25, -0.2) is 8.42 Å². The third kappa shape index (κ3) is 5.54. The van der Waals surface area contributed by atoms with Crippen molar-refractivity contribution in [1.82, 2.24) is 5.32 Å². The molecule has 2 amide bonds. The lowest BCUT2D eigenvalue weighted by Gasteiger charge is -2.16. The van der Waals surface area contributed by atoms with E-state index in [0.717, 1.165) is 0 Å². The average Bonchev–Trinajstić information content (AvgIpc) is 3.59. The Morgan fingerprint density at radius 1 is 1.06 bits per heavy atom. The zero-order valence-electron chi connectivity index (χ0n) is 18.3. The van der Waals surface area contributed by atoms with E-state index >= 15 is 0 Å². The molecule has 1 fully saturated rings. The molecule has 1 saturated carbocycles. The first-order valence-electron chi connectivity index (χ1n) is 10.4. The number of hydrogen-bond donors (Lipinski definition) is 2. The number of benzene rings is 2. The lowest BCUT2D eigenvalue weighted by Crippen LogP contribution is -2.36. The lowest BCUT2D eigenvalue weighted by atomic mass is 10.1. The van der Waals surface area contributed by atoms with E-state index in [1.807, 2.05) is 13.8 Å². The van der Waals surface area contributed by atoms with E-state index < -0.39 is 33.1 Å². The first-order valence-corrected chi connectivity index (χ1v) is 12.3. The van der Waals surface area contributed by atoms with Crippen LogP contribution in [0.4, 0.5) is 5.69 Å². The summed E-state index contributed by atoms with van der Waals surface area (Å²) in [7, 11) is -4.00. The van der Waals surface area contributed by atoms with Crippen LogP contribution in [0, 0.1) is 5.92 Å². The molecule has 0 saturated heterocycles. The average molecular weight is 493 g/mol. The molecule has 0 aliphatic heterocycles. The summed E-state index contributed by atoms with van der Waals surface area (Å²) < 4.78 is 29.2. The van der Waals surface area contributed by atoms with Crippen LogP contribution in [0.2, 0.25) is 5.02 Å². The Kier molecular flexibility index (Phi) is 7.44. The molecule has 0 radical (unpaired) electrons. The molecule has 10 heteroatoms. The Morgan fingerprint density at radius 2 is 1.70 bits per heavy atom. The summed E-state index contributed by atoms with van der Waals surface area (Å²) in [5.41, 5.74) is 0.525. The van der Waals surface area contributed by atoms with Crippen molar-refractivity contribution in [3.63, 3.8) is 0 Å². The van der Waals surface area contributed by atoms with E-state index in [-0.39, 0.29) is 40.8 Å². The van der Waals surface area contributed by atoms with Crippen molar-refractivity contribution < 1.29 is 27.5 Å². The van der Waals surface area contributed by atoms with Crippen LogP contribution in [0.1, 0.15) is 37.0 Å². The second-order valence-corrected chi connectivity index (χ2v) is 10.9. The highest BCUT2D eigenvalue weighted by molar-refractivity contribution is 7.94. The highest BCUT2D eigenvalue weighted by Gasteiger charge is 2.62. The molecule has 0 spiro atoms. The van der Waals surface area contributed by atoms with Gasteiger partial charge in [0.25, 0.3) is 11.8 Å². The minimum atomic E-state index is -4.00. The fourth-order valence-corrected chi connectivity index (χ4v) is 5.16. The summed E-state index contributed by atoms with van der Waals surface area (Å²) in [4.78, 5) is 37.4. The van der Waals surface area contributed by atoms with Crippen LogP contribution in [0.5, 0.6) is 0 Å². The second kappa shape index (κ2) is 9.93. The molecule has 2 N–H and O–H groups in total. The van der Waals surface area contributed by atoms with Gasteiger partial charge in [-0.2, -0.15) is 0 Å². The normalized spacial score (nSPS) is 14.4. The van der Waals surface area contributed by atoms with Gasteiger partial charge in [0.15, 0.2) is 21.2 Å². The van der Waals surface area contributed by atoms with Gasteiger partial charge in [0.05, 0.1) is 16.1 Å². The minimum absolute atomic E-state index is 0.0351. The molecular weight excluding hydrogens is 468 g/mol. The van der Waals surface area contributed by atoms with Crippen molar-refractivity contribution in [3.8, 4) is 0 Å². The Labute approximate surface area is 197 Å². The van der Waals surface area contributed by atoms with Gasteiger partial charge in [-0.05, 0) is 55.2 Å². The topological polar surface area (TPSA) is 119 Å². The van der Waals surface area contributed by atoms with Crippen LogP contribution in [0.3, 0.4) is 0 Å². The van der Waals surface area contributed by atoms with Crippen molar-refractivity contribution in [2.75, 3.05) is 18.5 Å². The van der Waals surface area contributed by atoms with Crippen molar-refractivity contribution in [3.05, 3.63) is 59.1 Å². The van der Waals surface area contributed by atoms with Crippen LogP contribution in [-0.4, -0.2) is 44.1 Å². The van der Waals surface area contributed by atoms with E-state index in [0.29, 0.717) is 11.6 Å². The van der Waals surface area contributed by atoms with E-state index in [1.165, 1.54) is 24.3 Å². The van der Waals surface area contributed by atoms with Gasteiger partial charge in [0.2, 0.25) is 0 Å². The summed E-state index contributed by atoms with van der Waals surface area (Å²) in [6, 6.07) is 12.0. The number of nitrogens with one attached hydrogen (secondary N) is 2. The highest BCUT2D eigenvalue weighted by Crippen LogP contribution is 2.47. The first kappa shape index (κ1) is 24.7. The summed E-state index contributed by atoms with van der Waals surface area (Å²) >= 11 is 5.81. The number of carbonyl (C=O) groups excluding carboxylic acids is 3. The van der Waals surface area contributed by atoms with Gasteiger partial charge in [0.1, 0.15) is 0 Å². The Hall–Kier alpha value is -2.91. The highest BCUT2D eigenvalue weighted by atomic mass is 35.5. The van der Waals surface area contributed by atoms with Gasteiger partial charge in [-0.3, -0.25) is 14.4 Å². The molecule has 3 rings (SSSR count). The molecule has 8 nitrogen and oxygen atoms in total. The molecule has 0 atom stereocenters. The summed E-state index contributed by atoms with van der Waals surface area (Å²) in [6.45, 7) is 3.71. The quantitative estimate of drug-likeness (QED) is 0.519. The molecule has 2 aromatic carbocycles. The fraction of sp³-hybridized carbons (Fsp3) is 0.348. The minimum Gasteiger partial charge on any atom is -0.454 e. The number of anilines is 1. The van der Waals surface area contributed by atoms with Crippen molar-refractivity contribution in [2.24, 2.45) is 5.92 Å². The van der Waals surface area contributed by atoms with Gasteiger partial charge in [0, 0.05) is 11.6 Å². The monoisotopic (exact) mass is 492 g/mol. The maximum absolute atomic E-state index is 12.9. The SMILES string of the molecule is CC(C)CNC(=O)c1ccccc1NC(=O)COC(=O)C1(S(=O)(=O)c2ccc(Cl)cc2)CC1. The largest absolute Gasteiger partial charge is 0.454 e. The standard InChI is InChI=1S/C23H25ClN2O6S/c1-15(2)13-25-21(28)18-5-3-4-6-19(18)26-20(27)14-32-22(29)23(11-12-23)33(30,31)17-9-7-16(24)8-10-17/h3-10,15H,11-14H2,1-2H3,(H,25,28)(H,26,27). The number of esters is 1. The summed E-state index contributed by atoms with van der Waals surface area (Å²) in [6.07, 6.45) is 0.217. The molecule has 176 valence electrons. The Balaban J connectivity index is 1.63. The first-order chi connectivity index (χ1) is 15.6. The maximum Gasteiger partial charge on any atom is 0.328 e. The van der Waals surface area contributed by atoms with Crippen LogP contribution in [-0.2, 0) is 24.2 Å². The third-order valence-corrected chi connectivity index (χ3v) is 7.91. The number of hydrogen-bond acceptors (Lipinski definition) is 6. The molecule has 0 unspecified atom stereocenters.